The minimum Gasteiger partial charge on any atom is -0.436 e. The van der Waals surface area contributed by atoms with Gasteiger partial charge in [-0.1, -0.05) is 54.1 Å². The molecule has 3 heterocycles. The fourth-order valence-corrected chi connectivity index (χ4v) is 3.25. The summed E-state index contributed by atoms with van der Waals surface area (Å²) in [7, 11) is 0. The number of halogens is 1. The van der Waals surface area contributed by atoms with Crippen LogP contribution in [0.3, 0.4) is 0 Å². The van der Waals surface area contributed by atoms with Gasteiger partial charge in [-0.25, -0.2) is 9.97 Å². The van der Waals surface area contributed by atoms with Crippen LogP contribution < -0.4 is 0 Å². The van der Waals surface area contributed by atoms with Gasteiger partial charge in [-0.2, -0.15) is 0 Å². The molecule has 0 spiro atoms. The van der Waals surface area contributed by atoms with Gasteiger partial charge in [-0.05, 0) is 24.3 Å². The summed E-state index contributed by atoms with van der Waals surface area (Å²) >= 11 is 6.42. The SMILES string of the molecule is Clc1nc2c(nc1-c1ccc(-c3ccccn3)cc1)oc1ccccc12. The highest BCUT2D eigenvalue weighted by Gasteiger charge is 2.15. The average Bonchev–Trinajstić information content (AvgIpc) is 3.06. The van der Waals surface area contributed by atoms with Crippen molar-refractivity contribution < 1.29 is 4.42 Å². The van der Waals surface area contributed by atoms with Gasteiger partial charge in [0.25, 0.3) is 0 Å². The molecule has 5 heteroatoms. The predicted molar refractivity (Wildman–Crippen MR) is 103 cm³/mol. The molecule has 2 aromatic carbocycles. The first-order chi connectivity index (χ1) is 12.8. The number of pyridine rings is 1. The Morgan fingerprint density at radius 2 is 1.54 bits per heavy atom. The lowest BCUT2D eigenvalue weighted by molar-refractivity contribution is 0.653. The zero-order chi connectivity index (χ0) is 17.5. The molecule has 0 aliphatic heterocycles. The van der Waals surface area contributed by atoms with Crippen LogP contribution in [0.15, 0.2) is 77.3 Å². The average molecular weight is 358 g/mol. The second-order valence-corrected chi connectivity index (χ2v) is 6.27. The number of benzene rings is 2. The molecule has 0 aliphatic rings. The van der Waals surface area contributed by atoms with Crippen LogP contribution in [0.5, 0.6) is 0 Å². The summed E-state index contributed by atoms with van der Waals surface area (Å²) in [4.78, 5) is 13.5. The summed E-state index contributed by atoms with van der Waals surface area (Å²) in [5, 5.41) is 1.27. The number of hydrogen-bond donors (Lipinski definition) is 0. The van der Waals surface area contributed by atoms with Crippen LogP contribution in [-0.2, 0) is 0 Å². The van der Waals surface area contributed by atoms with Crippen LogP contribution >= 0.6 is 11.6 Å². The van der Waals surface area contributed by atoms with Crippen molar-refractivity contribution in [2.75, 3.05) is 0 Å². The van der Waals surface area contributed by atoms with Crippen molar-refractivity contribution >= 4 is 33.8 Å². The Labute approximate surface area is 154 Å². The molecule has 0 saturated carbocycles. The summed E-state index contributed by atoms with van der Waals surface area (Å²) < 4.78 is 5.82. The van der Waals surface area contributed by atoms with Gasteiger partial charge in [0, 0.05) is 22.7 Å². The number of hydrogen-bond acceptors (Lipinski definition) is 4. The molecule has 26 heavy (non-hydrogen) atoms. The largest absolute Gasteiger partial charge is 0.436 e. The first-order valence-corrected chi connectivity index (χ1v) is 8.54. The number of fused-ring (bicyclic) bond motifs is 3. The summed E-state index contributed by atoms with van der Waals surface area (Å²) in [6, 6.07) is 21.5. The van der Waals surface area contributed by atoms with E-state index in [9.17, 15) is 0 Å². The zero-order valence-corrected chi connectivity index (χ0v) is 14.3. The Morgan fingerprint density at radius 3 is 2.35 bits per heavy atom. The Morgan fingerprint density at radius 1 is 0.769 bits per heavy atom. The van der Waals surface area contributed by atoms with Crippen LogP contribution in [0.2, 0.25) is 5.15 Å². The van der Waals surface area contributed by atoms with E-state index in [1.54, 1.807) is 6.20 Å². The van der Waals surface area contributed by atoms with E-state index >= 15 is 0 Å². The first kappa shape index (κ1) is 15.0. The lowest BCUT2D eigenvalue weighted by Crippen LogP contribution is -1.90. The third-order valence-electron chi connectivity index (χ3n) is 4.29. The quantitative estimate of drug-likeness (QED) is 0.403. The van der Waals surface area contributed by atoms with Gasteiger partial charge in [0.1, 0.15) is 16.8 Å². The van der Waals surface area contributed by atoms with Gasteiger partial charge in [0.15, 0.2) is 5.15 Å². The van der Waals surface area contributed by atoms with E-state index in [4.69, 9.17) is 16.0 Å². The van der Waals surface area contributed by atoms with Crippen molar-refractivity contribution in [1.82, 2.24) is 15.0 Å². The van der Waals surface area contributed by atoms with E-state index in [-0.39, 0.29) is 0 Å². The third kappa shape index (κ3) is 2.43. The Bertz CT molecular complexity index is 1230. The molecule has 4 nitrogen and oxygen atoms in total. The van der Waals surface area contributed by atoms with Gasteiger partial charge in [-0.15, -0.1) is 0 Å². The van der Waals surface area contributed by atoms with Gasteiger partial charge in [-0.3, -0.25) is 4.98 Å². The third-order valence-corrected chi connectivity index (χ3v) is 4.55. The van der Waals surface area contributed by atoms with Crippen molar-refractivity contribution in [2.24, 2.45) is 0 Å². The monoisotopic (exact) mass is 357 g/mol. The van der Waals surface area contributed by atoms with E-state index in [1.807, 2.05) is 66.7 Å². The molecule has 0 amide bonds. The first-order valence-electron chi connectivity index (χ1n) is 8.16. The second-order valence-electron chi connectivity index (χ2n) is 5.91. The van der Waals surface area contributed by atoms with Gasteiger partial charge in [0.05, 0.1) is 5.69 Å². The maximum atomic E-state index is 6.42. The van der Waals surface area contributed by atoms with Crippen LogP contribution in [0.1, 0.15) is 0 Å². The highest BCUT2D eigenvalue weighted by molar-refractivity contribution is 6.32. The summed E-state index contributed by atoms with van der Waals surface area (Å²) in [6.45, 7) is 0. The molecule has 5 aromatic rings. The molecule has 0 bridgehead atoms. The molecule has 0 radical (unpaired) electrons. The van der Waals surface area contributed by atoms with Crippen molar-refractivity contribution in [3.8, 4) is 22.5 Å². The zero-order valence-electron chi connectivity index (χ0n) is 13.6. The Kier molecular flexibility index (Phi) is 3.43. The standard InChI is InChI=1S/C21H12ClN3O/c22-20-18(14-10-8-13(9-11-14)16-6-3-4-12-23-16)25-21-19(24-20)15-5-1-2-7-17(15)26-21/h1-12H. The minimum atomic E-state index is 0.356. The predicted octanol–water partition coefficient (Wildman–Crippen LogP) is 5.76. The molecule has 0 atom stereocenters. The normalized spacial score (nSPS) is 11.3. The van der Waals surface area contributed by atoms with Gasteiger partial charge in [0.2, 0.25) is 5.71 Å². The van der Waals surface area contributed by atoms with E-state index in [0.717, 1.165) is 27.8 Å². The van der Waals surface area contributed by atoms with Crippen molar-refractivity contribution in [1.29, 1.82) is 0 Å². The summed E-state index contributed by atoms with van der Waals surface area (Å²) in [5.74, 6) is 0. The molecule has 0 aliphatic carbocycles. The molecular formula is C21H12ClN3O. The summed E-state index contributed by atoms with van der Waals surface area (Å²) in [5.41, 5.74) is 5.35. The number of nitrogens with zero attached hydrogens (tertiary/aromatic N) is 3. The van der Waals surface area contributed by atoms with Crippen molar-refractivity contribution in [3.63, 3.8) is 0 Å². The van der Waals surface area contributed by atoms with E-state index in [0.29, 0.717) is 22.1 Å². The maximum absolute atomic E-state index is 6.42. The molecule has 0 unspecified atom stereocenters. The molecule has 124 valence electrons. The number of aromatic nitrogens is 3. The number of rotatable bonds is 2. The van der Waals surface area contributed by atoms with E-state index in [2.05, 4.69) is 15.0 Å². The number of furan rings is 1. The molecular weight excluding hydrogens is 346 g/mol. The molecule has 0 fully saturated rings. The topological polar surface area (TPSA) is 51.8 Å². The minimum absolute atomic E-state index is 0.356. The van der Waals surface area contributed by atoms with Gasteiger partial charge >= 0.3 is 0 Å². The van der Waals surface area contributed by atoms with Crippen molar-refractivity contribution in [2.45, 2.75) is 0 Å². The smallest absolute Gasteiger partial charge is 0.247 e. The highest BCUT2D eigenvalue weighted by Crippen LogP contribution is 2.32. The highest BCUT2D eigenvalue weighted by atomic mass is 35.5. The Hall–Kier alpha value is -3.24. The molecule has 0 saturated heterocycles. The van der Waals surface area contributed by atoms with E-state index < -0.39 is 0 Å². The maximum Gasteiger partial charge on any atom is 0.247 e. The fraction of sp³-hybridized carbons (Fsp3) is 0. The molecule has 5 rings (SSSR count). The second kappa shape index (κ2) is 5.93. The van der Waals surface area contributed by atoms with Crippen LogP contribution in [0.25, 0.3) is 44.7 Å². The number of para-hydroxylation sites is 1. The Balaban J connectivity index is 1.62. The fourth-order valence-electron chi connectivity index (χ4n) is 3.02. The molecule has 0 N–H and O–H groups in total. The van der Waals surface area contributed by atoms with Crippen LogP contribution in [0.4, 0.5) is 0 Å². The molecule has 3 aromatic heterocycles. The lowest BCUT2D eigenvalue weighted by Gasteiger charge is -2.05. The summed E-state index contributed by atoms with van der Waals surface area (Å²) in [6.07, 6.45) is 1.78. The van der Waals surface area contributed by atoms with E-state index in [1.165, 1.54) is 0 Å². The van der Waals surface area contributed by atoms with Crippen molar-refractivity contribution in [3.05, 3.63) is 78.1 Å². The lowest BCUT2D eigenvalue weighted by atomic mass is 10.1. The van der Waals surface area contributed by atoms with Crippen LogP contribution in [-0.4, -0.2) is 15.0 Å². The van der Waals surface area contributed by atoms with Gasteiger partial charge < -0.3 is 4.42 Å². The van der Waals surface area contributed by atoms with Crippen LogP contribution in [0, 0.1) is 0 Å².